The van der Waals surface area contributed by atoms with E-state index in [1.807, 2.05) is 13.0 Å². The number of rotatable bonds is 6. The molecule has 1 N–H and O–H groups in total. The van der Waals surface area contributed by atoms with Crippen molar-refractivity contribution in [3.63, 3.8) is 0 Å². The van der Waals surface area contributed by atoms with Gasteiger partial charge in [0, 0.05) is 19.2 Å². The number of nitriles is 1. The Bertz CT molecular complexity index is 464. The molecule has 0 saturated carbocycles. The first-order valence-electron chi connectivity index (χ1n) is 5.54. The second-order valence-corrected chi connectivity index (χ2v) is 3.64. The lowest BCUT2D eigenvalue weighted by Crippen LogP contribution is -2.29. The molecule has 1 rings (SSSR count). The summed E-state index contributed by atoms with van der Waals surface area (Å²) < 4.78 is 0. The van der Waals surface area contributed by atoms with Gasteiger partial charge in [-0.3, -0.25) is 10.1 Å². The monoisotopic (exact) mass is 250 g/mol. The predicted molar refractivity (Wildman–Crippen MR) is 65.2 cm³/mol. The van der Waals surface area contributed by atoms with E-state index in [2.05, 4.69) is 4.98 Å². The first-order valence-corrected chi connectivity index (χ1v) is 5.54. The summed E-state index contributed by atoms with van der Waals surface area (Å²) in [5, 5.41) is 28.6. The minimum absolute atomic E-state index is 0.0659. The van der Waals surface area contributed by atoms with Crippen LogP contribution in [0.3, 0.4) is 0 Å². The Kier molecular flexibility index (Phi) is 5.02. The van der Waals surface area contributed by atoms with Gasteiger partial charge in [0.2, 0.25) is 0 Å². The topological polar surface area (TPSA) is 103 Å². The quantitative estimate of drug-likeness (QED) is 0.598. The maximum Gasteiger partial charge on any atom is 0.289 e. The highest BCUT2D eigenvalue weighted by Crippen LogP contribution is 2.21. The Labute approximate surface area is 104 Å². The van der Waals surface area contributed by atoms with E-state index in [-0.39, 0.29) is 17.9 Å². The molecule has 1 heterocycles. The number of hydrogen-bond acceptors (Lipinski definition) is 6. The van der Waals surface area contributed by atoms with Gasteiger partial charge in [-0.2, -0.15) is 5.26 Å². The van der Waals surface area contributed by atoms with Crippen molar-refractivity contribution in [3.05, 3.63) is 27.9 Å². The van der Waals surface area contributed by atoms with Crippen LogP contribution in [-0.2, 0) is 0 Å². The van der Waals surface area contributed by atoms with Crippen molar-refractivity contribution in [2.24, 2.45) is 0 Å². The molecule has 1 aromatic rings. The number of nitro groups is 1. The fourth-order valence-electron chi connectivity index (χ4n) is 1.59. The largest absolute Gasteiger partial charge is 0.395 e. The van der Waals surface area contributed by atoms with E-state index in [9.17, 15) is 10.1 Å². The Morgan fingerprint density at radius 3 is 2.83 bits per heavy atom. The molecule has 0 aliphatic rings. The van der Waals surface area contributed by atoms with Crippen LogP contribution in [0.15, 0.2) is 12.3 Å². The molecule has 0 aliphatic heterocycles. The van der Waals surface area contributed by atoms with Gasteiger partial charge in [-0.25, -0.2) is 4.98 Å². The van der Waals surface area contributed by atoms with Crippen LogP contribution in [0, 0.1) is 21.4 Å². The molecular formula is C11H14N4O3. The molecular weight excluding hydrogens is 236 g/mol. The summed E-state index contributed by atoms with van der Waals surface area (Å²) in [6.45, 7) is 2.86. The number of pyridine rings is 1. The molecule has 96 valence electrons. The fraction of sp³-hybridized carbons (Fsp3) is 0.455. The number of hydrogen-bond donors (Lipinski definition) is 1. The molecule has 0 saturated heterocycles. The van der Waals surface area contributed by atoms with Gasteiger partial charge in [0.25, 0.3) is 5.69 Å². The van der Waals surface area contributed by atoms with E-state index < -0.39 is 4.92 Å². The zero-order valence-electron chi connectivity index (χ0n) is 10.0. The van der Waals surface area contributed by atoms with Crippen LogP contribution in [-0.4, -0.2) is 34.7 Å². The molecule has 7 heteroatoms. The Morgan fingerprint density at radius 2 is 2.33 bits per heavy atom. The van der Waals surface area contributed by atoms with Crippen LogP contribution in [0.4, 0.5) is 11.5 Å². The van der Waals surface area contributed by atoms with Crippen LogP contribution in [0.5, 0.6) is 0 Å². The first kappa shape index (κ1) is 13.9. The average Bonchev–Trinajstić information content (AvgIpc) is 2.37. The Morgan fingerprint density at radius 1 is 1.61 bits per heavy atom. The van der Waals surface area contributed by atoms with Crippen LogP contribution >= 0.6 is 0 Å². The van der Waals surface area contributed by atoms with E-state index in [1.165, 1.54) is 6.07 Å². The van der Waals surface area contributed by atoms with E-state index >= 15 is 0 Å². The highest BCUT2D eigenvalue weighted by atomic mass is 16.6. The van der Waals surface area contributed by atoms with E-state index in [1.54, 1.807) is 4.90 Å². The highest BCUT2D eigenvalue weighted by molar-refractivity contribution is 5.57. The van der Waals surface area contributed by atoms with Gasteiger partial charge in [-0.05, 0) is 6.42 Å². The van der Waals surface area contributed by atoms with E-state index in [4.69, 9.17) is 10.4 Å². The van der Waals surface area contributed by atoms with Gasteiger partial charge >= 0.3 is 0 Å². The van der Waals surface area contributed by atoms with Gasteiger partial charge in [-0.1, -0.05) is 6.92 Å². The summed E-state index contributed by atoms with van der Waals surface area (Å²) in [4.78, 5) is 15.7. The zero-order valence-corrected chi connectivity index (χ0v) is 10.0. The molecule has 0 radical (unpaired) electrons. The van der Waals surface area contributed by atoms with Crippen molar-refractivity contribution in [1.82, 2.24) is 4.98 Å². The van der Waals surface area contributed by atoms with Crippen LogP contribution < -0.4 is 4.90 Å². The molecule has 0 fully saturated rings. The van der Waals surface area contributed by atoms with Crippen molar-refractivity contribution < 1.29 is 10.0 Å². The maximum atomic E-state index is 10.6. The third-order valence-corrected chi connectivity index (χ3v) is 2.35. The van der Waals surface area contributed by atoms with Crippen molar-refractivity contribution in [1.29, 1.82) is 5.26 Å². The van der Waals surface area contributed by atoms with Crippen LogP contribution in [0.2, 0.25) is 0 Å². The Balaban J connectivity index is 3.14. The molecule has 0 bridgehead atoms. The van der Waals surface area contributed by atoms with Crippen molar-refractivity contribution in [2.45, 2.75) is 13.3 Å². The molecule has 0 aromatic carbocycles. The second kappa shape index (κ2) is 6.51. The summed E-state index contributed by atoms with van der Waals surface area (Å²) in [5.41, 5.74) is -0.0677. The lowest BCUT2D eigenvalue weighted by atomic mass is 10.2. The molecule has 0 unspecified atom stereocenters. The van der Waals surface area contributed by atoms with Crippen molar-refractivity contribution in [3.8, 4) is 6.07 Å². The first-order chi connectivity index (χ1) is 8.63. The van der Waals surface area contributed by atoms with Crippen LogP contribution in [0.25, 0.3) is 0 Å². The highest BCUT2D eigenvalue weighted by Gasteiger charge is 2.16. The van der Waals surface area contributed by atoms with E-state index in [0.717, 1.165) is 12.6 Å². The molecule has 7 nitrogen and oxygen atoms in total. The maximum absolute atomic E-state index is 10.6. The summed E-state index contributed by atoms with van der Waals surface area (Å²) >= 11 is 0. The van der Waals surface area contributed by atoms with Gasteiger partial charge in [0.05, 0.1) is 11.5 Å². The summed E-state index contributed by atoms with van der Waals surface area (Å²) in [6.07, 6.45) is 1.94. The van der Waals surface area contributed by atoms with Crippen molar-refractivity contribution in [2.75, 3.05) is 24.6 Å². The van der Waals surface area contributed by atoms with E-state index in [0.29, 0.717) is 18.9 Å². The lowest BCUT2D eigenvalue weighted by molar-refractivity contribution is -0.385. The minimum Gasteiger partial charge on any atom is -0.395 e. The predicted octanol–water partition coefficient (Wildman–Crippen LogP) is 1.07. The number of aromatic nitrogens is 1. The lowest BCUT2D eigenvalue weighted by Gasteiger charge is -2.22. The number of aliphatic hydroxyl groups excluding tert-OH is 1. The zero-order chi connectivity index (χ0) is 13.5. The second-order valence-electron chi connectivity index (χ2n) is 3.64. The number of nitrogens with zero attached hydrogens (tertiary/aromatic N) is 4. The third kappa shape index (κ3) is 3.15. The number of anilines is 1. The fourth-order valence-corrected chi connectivity index (χ4v) is 1.59. The van der Waals surface area contributed by atoms with Gasteiger partial charge in [0.15, 0.2) is 0 Å². The molecule has 0 atom stereocenters. The van der Waals surface area contributed by atoms with Gasteiger partial charge in [0.1, 0.15) is 23.6 Å². The summed E-state index contributed by atoms with van der Waals surface area (Å²) in [5.74, 6) is 0.374. The van der Waals surface area contributed by atoms with Crippen LogP contribution in [0.1, 0.15) is 18.9 Å². The number of aliphatic hydroxyl groups is 1. The third-order valence-electron chi connectivity index (χ3n) is 2.35. The molecule has 0 amide bonds. The molecule has 18 heavy (non-hydrogen) atoms. The SMILES string of the molecule is CCCN(CCO)c1ncc([N+](=O)[O-])cc1C#N. The van der Waals surface area contributed by atoms with Crippen molar-refractivity contribution >= 4 is 11.5 Å². The minimum atomic E-state index is -0.589. The standard InChI is InChI=1S/C11H14N4O3/c1-2-3-14(4-5-16)11-9(7-12)6-10(8-13-11)15(17)18/h6,8,16H,2-5H2,1H3. The smallest absolute Gasteiger partial charge is 0.289 e. The normalized spacial score (nSPS) is 9.83. The molecule has 0 spiro atoms. The molecule has 0 aliphatic carbocycles. The van der Waals surface area contributed by atoms with Gasteiger partial charge in [-0.15, -0.1) is 0 Å². The summed E-state index contributed by atoms with van der Waals surface area (Å²) in [7, 11) is 0. The molecule has 1 aromatic heterocycles. The summed E-state index contributed by atoms with van der Waals surface area (Å²) in [6, 6.07) is 3.09. The Hall–Kier alpha value is -2.20. The average molecular weight is 250 g/mol. The van der Waals surface area contributed by atoms with Gasteiger partial charge < -0.3 is 10.0 Å².